The van der Waals surface area contributed by atoms with Gasteiger partial charge in [-0.3, -0.25) is 9.59 Å². The number of aromatic amines is 1. The number of hydrogen-bond donors (Lipinski definition) is 3. The zero-order valence-electron chi connectivity index (χ0n) is 15.8. The Labute approximate surface area is 159 Å². The first kappa shape index (κ1) is 18.7. The van der Waals surface area contributed by atoms with Gasteiger partial charge in [-0.25, -0.2) is 0 Å². The molecule has 0 fully saturated rings. The molecule has 0 aliphatic carbocycles. The number of aryl methyl sites for hydroxylation is 2. The summed E-state index contributed by atoms with van der Waals surface area (Å²) in [5.41, 5.74) is 5.01. The van der Waals surface area contributed by atoms with Gasteiger partial charge in [-0.15, -0.1) is 0 Å². The molecule has 0 atom stereocenters. The molecule has 0 unspecified atom stereocenters. The fourth-order valence-corrected chi connectivity index (χ4v) is 3.28. The maximum Gasteiger partial charge on any atom is 0.243 e. The van der Waals surface area contributed by atoms with Gasteiger partial charge in [-0.05, 0) is 35.6 Å². The van der Waals surface area contributed by atoms with Gasteiger partial charge in [0.2, 0.25) is 11.8 Å². The van der Waals surface area contributed by atoms with Crippen LogP contribution in [0.2, 0.25) is 0 Å². The number of amides is 2. The lowest BCUT2D eigenvalue weighted by Gasteiger charge is -2.14. The van der Waals surface area contributed by atoms with Crippen LogP contribution < -0.4 is 10.6 Å². The minimum absolute atomic E-state index is 0.0393. The summed E-state index contributed by atoms with van der Waals surface area (Å²) in [7, 11) is 0. The molecule has 2 aromatic carbocycles. The van der Waals surface area contributed by atoms with Crippen molar-refractivity contribution in [3.63, 3.8) is 0 Å². The van der Waals surface area contributed by atoms with E-state index in [2.05, 4.69) is 29.5 Å². The van der Waals surface area contributed by atoms with Crippen LogP contribution in [0.3, 0.4) is 0 Å². The van der Waals surface area contributed by atoms with Gasteiger partial charge in [0.1, 0.15) is 0 Å². The summed E-state index contributed by atoms with van der Waals surface area (Å²) in [5.74, 6) is -0.382. The number of hydrogen-bond acceptors (Lipinski definition) is 2. The highest BCUT2D eigenvalue weighted by Crippen LogP contribution is 2.22. The van der Waals surface area contributed by atoms with Crippen LogP contribution in [0.25, 0.3) is 10.9 Å². The number of H-pyrrole nitrogens is 1. The molecular weight excluding hydrogens is 338 g/mol. The molecule has 0 spiro atoms. The van der Waals surface area contributed by atoms with E-state index < -0.39 is 0 Å². The molecule has 5 nitrogen and oxygen atoms in total. The minimum atomic E-state index is -0.210. The lowest BCUT2D eigenvalue weighted by Crippen LogP contribution is -2.34. The number of rotatable bonds is 7. The molecule has 3 rings (SSSR count). The zero-order valence-corrected chi connectivity index (χ0v) is 15.8. The Bertz CT molecular complexity index is 937. The van der Waals surface area contributed by atoms with Crippen molar-refractivity contribution in [2.45, 2.75) is 33.1 Å². The summed E-state index contributed by atoms with van der Waals surface area (Å²) in [6, 6.07) is 13.9. The fourth-order valence-electron chi connectivity index (χ4n) is 3.28. The average molecular weight is 363 g/mol. The van der Waals surface area contributed by atoms with E-state index in [0.717, 1.165) is 46.1 Å². The quantitative estimate of drug-likeness (QED) is 0.600. The SMILES string of the molecule is CCc1cccc(CC)c1NC(=O)CNC(=O)Cc1c[nH]c2ccccc12. The van der Waals surface area contributed by atoms with Crippen LogP contribution in [0.1, 0.15) is 30.5 Å². The molecule has 0 saturated heterocycles. The zero-order chi connectivity index (χ0) is 19.2. The van der Waals surface area contributed by atoms with Gasteiger partial charge in [0.15, 0.2) is 0 Å². The van der Waals surface area contributed by atoms with Gasteiger partial charge in [0, 0.05) is 22.8 Å². The lowest BCUT2D eigenvalue weighted by molar-refractivity contribution is -0.123. The normalized spacial score (nSPS) is 10.7. The Hall–Kier alpha value is -3.08. The number of benzene rings is 2. The summed E-state index contributed by atoms with van der Waals surface area (Å²) >= 11 is 0. The van der Waals surface area contributed by atoms with E-state index in [1.165, 1.54) is 0 Å². The van der Waals surface area contributed by atoms with Crippen molar-refractivity contribution in [1.82, 2.24) is 10.3 Å². The summed E-state index contributed by atoms with van der Waals surface area (Å²) in [6.07, 6.45) is 3.77. The highest BCUT2D eigenvalue weighted by atomic mass is 16.2. The van der Waals surface area contributed by atoms with Crippen LogP contribution in [-0.4, -0.2) is 23.3 Å². The maximum absolute atomic E-state index is 12.3. The summed E-state index contributed by atoms with van der Waals surface area (Å²) in [4.78, 5) is 27.7. The topological polar surface area (TPSA) is 74.0 Å². The molecule has 5 heteroatoms. The number of nitrogens with one attached hydrogen (secondary N) is 3. The molecule has 3 N–H and O–H groups in total. The van der Waals surface area contributed by atoms with Gasteiger partial charge in [-0.1, -0.05) is 50.2 Å². The maximum atomic E-state index is 12.3. The lowest BCUT2D eigenvalue weighted by atomic mass is 10.0. The number of carbonyl (C=O) groups is 2. The molecule has 1 aromatic heterocycles. The standard InChI is InChI=1S/C22H25N3O2/c1-3-15-8-7-9-16(4-2)22(15)25-21(27)14-24-20(26)12-17-13-23-19-11-6-5-10-18(17)19/h5-11,13,23H,3-4,12,14H2,1-2H3,(H,24,26)(H,25,27). The van der Waals surface area contributed by atoms with E-state index in [0.29, 0.717) is 0 Å². The Balaban J connectivity index is 1.59. The molecule has 0 radical (unpaired) electrons. The van der Waals surface area contributed by atoms with Gasteiger partial charge in [-0.2, -0.15) is 0 Å². The van der Waals surface area contributed by atoms with Crippen LogP contribution in [0.15, 0.2) is 48.7 Å². The van der Waals surface area contributed by atoms with Crippen LogP contribution in [0.5, 0.6) is 0 Å². The molecule has 140 valence electrons. The van der Waals surface area contributed by atoms with E-state index in [-0.39, 0.29) is 24.8 Å². The van der Waals surface area contributed by atoms with Crippen molar-refractivity contribution < 1.29 is 9.59 Å². The number of para-hydroxylation sites is 2. The Morgan fingerprint density at radius 1 is 0.889 bits per heavy atom. The second kappa shape index (κ2) is 8.54. The van der Waals surface area contributed by atoms with Crippen LogP contribution >= 0.6 is 0 Å². The Morgan fingerprint density at radius 3 is 2.30 bits per heavy atom. The predicted molar refractivity (Wildman–Crippen MR) is 109 cm³/mol. The third kappa shape index (κ3) is 4.37. The van der Waals surface area contributed by atoms with Crippen molar-refractivity contribution in [1.29, 1.82) is 0 Å². The van der Waals surface area contributed by atoms with E-state index >= 15 is 0 Å². The van der Waals surface area contributed by atoms with Crippen molar-refractivity contribution in [3.8, 4) is 0 Å². The molecule has 0 aliphatic rings. The highest BCUT2D eigenvalue weighted by Gasteiger charge is 2.12. The molecule has 1 heterocycles. The van der Waals surface area contributed by atoms with E-state index in [1.54, 1.807) is 0 Å². The van der Waals surface area contributed by atoms with Crippen molar-refractivity contribution >= 4 is 28.4 Å². The highest BCUT2D eigenvalue weighted by molar-refractivity contribution is 5.96. The molecule has 0 bridgehead atoms. The largest absolute Gasteiger partial charge is 0.361 e. The summed E-state index contributed by atoms with van der Waals surface area (Å²) in [5, 5.41) is 6.71. The average Bonchev–Trinajstić information content (AvgIpc) is 3.09. The third-order valence-electron chi connectivity index (χ3n) is 4.74. The number of aromatic nitrogens is 1. The second-order valence-corrected chi connectivity index (χ2v) is 6.52. The van der Waals surface area contributed by atoms with E-state index in [1.807, 2.05) is 48.7 Å². The number of anilines is 1. The summed E-state index contributed by atoms with van der Waals surface area (Å²) < 4.78 is 0. The molecule has 2 amide bonds. The fraction of sp³-hybridized carbons (Fsp3) is 0.273. The summed E-state index contributed by atoms with van der Waals surface area (Å²) in [6.45, 7) is 4.09. The minimum Gasteiger partial charge on any atom is -0.361 e. The second-order valence-electron chi connectivity index (χ2n) is 6.52. The van der Waals surface area contributed by atoms with Crippen LogP contribution in [0, 0.1) is 0 Å². The molecule has 0 aliphatic heterocycles. The van der Waals surface area contributed by atoms with Crippen molar-refractivity contribution in [2.75, 3.05) is 11.9 Å². The van der Waals surface area contributed by atoms with E-state index in [9.17, 15) is 9.59 Å². The van der Waals surface area contributed by atoms with Gasteiger partial charge >= 0.3 is 0 Å². The van der Waals surface area contributed by atoms with Crippen molar-refractivity contribution in [3.05, 3.63) is 65.4 Å². The Morgan fingerprint density at radius 2 is 1.59 bits per heavy atom. The third-order valence-corrected chi connectivity index (χ3v) is 4.74. The smallest absolute Gasteiger partial charge is 0.243 e. The first-order valence-corrected chi connectivity index (χ1v) is 9.34. The molecule has 3 aromatic rings. The molecular formula is C22H25N3O2. The number of carbonyl (C=O) groups excluding carboxylic acids is 2. The van der Waals surface area contributed by atoms with E-state index in [4.69, 9.17) is 0 Å². The Kier molecular flexibility index (Phi) is 5.91. The van der Waals surface area contributed by atoms with Gasteiger partial charge < -0.3 is 15.6 Å². The van der Waals surface area contributed by atoms with Crippen LogP contribution in [0.4, 0.5) is 5.69 Å². The first-order valence-electron chi connectivity index (χ1n) is 9.34. The number of fused-ring (bicyclic) bond motifs is 1. The molecule has 27 heavy (non-hydrogen) atoms. The van der Waals surface area contributed by atoms with Gasteiger partial charge in [0.05, 0.1) is 13.0 Å². The predicted octanol–water partition coefficient (Wildman–Crippen LogP) is 3.59. The van der Waals surface area contributed by atoms with Crippen molar-refractivity contribution in [2.24, 2.45) is 0 Å². The first-order chi connectivity index (χ1) is 13.1. The van der Waals surface area contributed by atoms with Gasteiger partial charge in [0.25, 0.3) is 0 Å². The van der Waals surface area contributed by atoms with Crippen LogP contribution in [-0.2, 0) is 28.9 Å². The monoisotopic (exact) mass is 363 g/mol. The molecule has 0 saturated carbocycles.